The molecule has 0 radical (unpaired) electrons. The topological polar surface area (TPSA) is 50.7 Å². The summed E-state index contributed by atoms with van der Waals surface area (Å²) in [5.74, 6) is -0.384. The first-order chi connectivity index (χ1) is 6.27. The second-order valence-electron chi connectivity index (χ2n) is 2.51. The molecule has 2 rings (SSSR count). The molecular formula is C8H6FN3O. The molecule has 0 fully saturated rings. The standard InChI is InChI=1S/C8H6FN3O/c9-6-2-1-3-7(4-6)12-5-10-11-8(12)13/h1-5H,(H,11,13). The number of H-pyrrole nitrogens is 1. The van der Waals surface area contributed by atoms with Gasteiger partial charge in [0.1, 0.15) is 12.1 Å². The summed E-state index contributed by atoms with van der Waals surface area (Å²) in [6, 6.07) is 5.73. The molecule has 0 aliphatic rings. The quantitative estimate of drug-likeness (QED) is 0.700. The number of rotatable bonds is 1. The van der Waals surface area contributed by atoms with E-state index in [0.29, 0.717) is 5.69 Å². The first-order valence-corrected chi connectivity index (χ1v) is 3.65. The first-order valence-electron chi connectivity index (χ1n) is 3.65. The molecule has 1 N–H and O–H groups in total. The average Bonchev–Trinajstić information content (AvgIpc) is 2.51. The molecule has 1 aromatic carbocycles. The van der Waals surface area contributed by atoms with Crippen LogP contribution in [-0.2, 0) is 0 Å². The van der Waals surface area contributed by atoms with Gasteiger partial charge in [0.15, 0.2) is 0 Å². The van der Waals surface area contributed by atoms with E-state index in [1.165, 1.54) is 29.1 Å². The largest absolute Gasteiger partial charge is 0.347 e. The number of aromatic nitrogens is 3. The Morgan fingerprint density at radius 1 is 1.46 bits per heavy atom. The average molecular weight is 179 g/mol. The SMILES string of the molecule is O=c1[nH]ncn1-c1cccc(F)c1. The van der Waals surface area contributed by atoms with Gasteiger partial charge in [0.2, 0.25) is 0 Å². The van der Waals surface area contributed by atoms with E-state index in [2.05, 4.69) is 10.2 Å². The van der Waals surface area contributed by atoms with Crippen molar-refractivity contribution in [3.8, 4) is 5.69 Å². The van der Waals surface area contributed by atoms with Crippen LogP contribution in [-0.4, -0.2) is 14.8 Å². The van der Waals surface area contributed by atoms with Crippen molar-refractivity contribution < 1.29 is 4.39 Å². The molecule has 13 heavy (non-hydrogen) atoms. The van der Waals surface area contributed by atoms with E-state index < -0.39 is 0 Å². The van der Waals surface area contributed by atoms with Gasteiger partial charge in [-0.1, -0.05) is 6.07 Å². The summed E-state index contributed by atoms with van der Waals surface area (Å²) < 4.78 is 14.0. The van der Waals surface area contributed by atoms with E-state index in [-0.39, 0.29) is 11.5 Å². The molecular weight excluding hydrogens is 173 g/mol. The van der Waals surface area contributed by atoms with Gasteiger partial charge in [-0.15, -0.1) is 0 Å². The second-order valence-corrected chi connectivity index (χ2v) is 2.51. The molecule has 0 unspecified atom stereocenters. The minimum Gasteiger partial charge on any atom is -0.250 e. The molecule has 0 saturated heterocycles. The van der Waals surface area contributed by atoms with E-state index in [1.54, 1.807) is 6.07 Å². The van der Waals surface area contributed by atoms with Gasteiger partial charge in [-0.2, -0.15) is 5.10 Å². The van der Waals surface area contributed by atoms with Crippen molar-refractivity contribution in [3.63, 3.8) is 0 Å². The molecule has 1 heterocycles. The van der Waals surface area contributed by atoms with Gasteiger partial charge in [-0.05, 0) is 18.2 Å². The van der Waals surface area contributed by atoms with Crippen LogP contribution in [0.1, 0.15) is 0 Å². The fourth-order valence-electron chi connectivity index (χ4n) is 1.06. The van der Waals surface area contributed by atoms with Crippen molar-refractivity contribution in [1.82, 2.24) is 14.8 Å². The lowest BCUT2D eigenvalue weighted by molar-refractivity contribution is 0.626. The van der Waals surface area contributed by atoms with Gasteiger partial charge in [-0.25, -0.2) is 18.9 Å². The summed E-state index contributed by atoms with van der Waals surface area (Å²) in [6.07, 6.45) is 1.30. The highest BCUT2D eigenvalue weighted by Gasteiger charge is 2.00. The van der Waals surface area contributed by atoms with Gasteiger partial charge >= 0.3 is 5.69 Å². The van der Waals surface area contributed by atoms with Crippen LogP contribution in [0.4, 0.5) is 4.39 Å². The number of hydrogen-bond donors (Lipinski definition) is 1. The maximum Gasteiger partial charge on any atom is 0.347 e. The summed E-state index contributed by atoms with van der Waals surface area (Å²) in [4.78, 5) is 11.1. The molecule has 0 atom stereocenters. The van der Waals surface area contributed by atoms with Gasteiger partial charge < -0.3 is 0 Å². The van der Waals surface area contributed by atoms with Crippen molar-refractivity contribution in [2.45, 2.75) is 0 Å². The predicted octanol–water partition coefficient (Wildman–Crippen LogP) is 0.700. The molecule has 4 nitrogen and oxygen atoms in total. The van der Waals surface area contributed by atoms with E-state index in [1.807, 2.05) is 0 Å². The summed E-state index contributed by atoms with van der Waals surface area (Å²) in [5, 5.41) is 5.75. The highest BCUT2D eigenvalue weighted by molar-refractivity contribution is 5.31. The Hall–Kier alpha value is -1.91. The minimum atomic E-state index is -0.384. The molecule has 5 heteroatoms. The fraction of sp³-hybridized carbons (Fsp3) is 0. The summed E-state index contributed by atoms with van der Waals surface area (Å²) in [7, 11) is 0. The maximum absolute atomic E-state index is 12.7. The number of aromatic amines is 1. The van der Waals surface area contributed by atoms with E-state index >= 15 is 0 Å². The smallest absolute Gasteiger partial charge is 0.250 e. The van der Waals surface area contributed by atoms with Crippen molar-refractivity contribution in [3.05, 3.63) is 46.9 Å². The predicted molar refractivity (Wildman–Crippen MR) is 44.1 cm³/mol. The lowest BCUT2D eigenvalue weighted by Crippen LogP contribution is -2.13. The van der Waals surface area contributed by atoms with Gasteiger partial charge in [0.25, 0.3) is 0 Å². The van der Waals surface area contributed by atoms with Crippen LogP contribution in [0, 0.1) is 5.82 Å². The van der Waals surface area contributed by atoms with Crippen LogP contribution in [0.5, 0.6) is 0 Å². The summed E-state index contributed by atoms with van der Waals surface area (Å²) in [5.41, 5.74) is 0.0735. The summed E-state index contributed by atoms with van der Waals surface area (Å²) in [6.45, 7) is 0. The Labute approximate surface area is 72.6 Å². The Kier molecular flexibility index (Phi) is 1.70. The van der Waals surface area contributed by atoms with Gasteiger partial charge in [0.05, 0.1) is 5.69 Å². The van der Waals surface area contributed by atoms with Crippen LogP contribution >= 0.6 is 0 Å². The Morgan fingerprint density at radius 3 is 2.92 bits per heavy atom. The third kappa shape index (κ3) is 1.35. The van der Waals surface area contributed by atoms with Crippen molar-refractivity contribution in [1.29, 1.82) is 0 Å². The third-order valence-corrected chi connectivity index (χ3v) is 1.64. The van der Waals surface area contributed by atoms with Gasteiger partial charge in [-0.3, -0.25) is 0 Å². The number of benzene rings is 1. The van der Waals surface area contributed by atoms with Crippen molar-refractivity contribution in [2.24, 2.45) is 0 Å². The Balaban J connectivity index is 2.59. The number of hydrogen-bond acceptors (Lipinski definition) is 2. The van der Waals surface area contributed by atoms with Crippen LogP contribution in [0.3, 0.4) is 0 Å². The zero-order chi connectivity index (χ0) is 9.26. The van der Waals surface area contributed by atoms with E-state index in [9.17, 15) is 9.18 Å². The normalized spacial score (nSPS) is 10.2. The van der Waals surface area contributed by atoms with Crippen molar-refractivity contribution in [2.75, 3.05) is 0 Å². The molecule has 2 aromatic rings. The molecule has 0 saturated carbocycles. The highest BCUT2D eigenvalue weighted by atomic mass is 19.1. The van der Waals surface area contributed by atoms with E-state index in [0.717, 1.165) is 0 Å². The second kappa shape index (κ2) is 2.85. The van der Waals surface area contributed by atoms with Crippen molar-refractivity contribution >= 4 is 0 Å². The lowest BCUT2D eigenvalue weighted by atomic mass is 10.3. The van der Waals surface area contributed by atoms with Gasteiger partial charge in [0, 0.05) is 0 Å². The van der Waals surface area contributed by atoms with Crippen LogP contribution in [0.15, 0.2) is 35.4 Å². The van der Waals surface area contributed by atoms with Crippen LogP contribution in [0.2, 0.25) is 0 Å². The Morgan fingerprint density at radius 2 is 2.31 bits per heavy atom. The number of nitrogens with zero attached hydrogens (tertiary/aromatic N) is 2. The molecule has 1 aromatic heterocycles. The molecule has 0 amide bonds. The third-order valence-electron chi connectivity index (χ3n) is 1.64. The summed E-state index contributed by atoms with van der Waals surface area (Å²) >= 11 is 0. The van der Waals surface area contributed by atoms with E-state index in [4.69, 9.17) is 0 Å². The maximum atomic E-state index is 12.7. The highest BCUT2D eigenvalue weighted by Crippen LogP contribution is 2.05. The fourth-order valence-corrected chi connectivity index (χ4v) is 1.06. The molecule has 0 spiro atoms. The van der Waals surface area contributed by atoms with Crippen LogP contribution < -0.4 is 5.69 Å². The zero-order valence-corrected chi connectivity index (χ0v) is 6.57. The molecule has 0 aliphatic carbocycles. The van der Waals surface area contributed by atoms with Crippen LogP contribution in [0.25, 0.3) is 5.69 Å². The number of nitrogens with one attached hydrogen (secondary N) is 1. The number of halogens is 1. The monoisotopic (exact) mass is 179 g/mol. The minimum absolute atomic E-state index is 0.384. The zero-order valence-electron chi connectivity index (χ0n) is 6.57. The molecule has 66 valence electrons. The molecule has 0 aliphatic heterocycles. The first kappa shape index (κ1) is 7.72. The lowest BCUT2D eigenvalue weighted by Gasteiger charge is -1.98. The Bertz CT molecular complexity index is 474. The molecule has 0 bridgehead atoms.